The van der Waals surface area contributed by atoms with E-state index < -0.39 is 0 Å². The van der Waals surface area contributed by atoms with E-state index in [0.29, 0.717) is 17.8 Å². The van der Waals surface area contributed by atoms with Crippen LogP contribution in [0.5, 0.6) is 0 Å². The molecule has 0 saturated heterocycles. The van der Waals surface area contributed by atoms with Crippen LogP contribution in [-0.4, -0.2) is 5.78 Å². The van der Waals surface area contributed by atoms with Gasteiger partial charge in [-0.15, -0.1) is 0 Å². The van der Waals surface area contributed by atoms with Crippen molar-refractivity contribution < 1.29 is 4.79 Å². The maximum absolute atomic E-state index is 13.1. The van der Waals surface area contributed by atoms with Gasteiger partial charge in [0.05, 0.1) is 0 Å². The van der Waals surface area contributed by atoms with E-state index in [2.05, 4.69) is 42.5 Å². The molecule has 0 heterocycles. The second kappa shape index (κ2) is 4.30. The molecule has 0 aromatic heterocycles. The van der Waals surface area contributed by atoms with E-state index in [1.165, 1.54) is 11.1 Å². The summed E-state index contributed by atoms with van der Waals surface area (Å²) in [5.74, 6) is 1.49. The van der Waals surface area contributed by atoms with Gasteiger partial charge in [-0.25, -0.2) is 0 Å². The van der Waals surface area contributed by atoms with Crippen LogP contribution < -0.4 is 0 Å². The van der Waals surface area contributed by atoms with E-state index in [1.54, 1.807) is 0 Å². The third-order valence-electron chi connectivity index (χ3n) is 5.46. The first-order valence-electron chi connectivity index (χ1n) is 7.93. The van der Waals surface area contributed by atoms with Gasteiger partial charge >= 0.3 is 0 Å². The van der Waals surface area contributed by atoms with Gasteiger partial charge in [-0.05, 0) is 16.7 Å². The second-order valence-electron chi connectivity index (χ2n) is 6.48. The molecule has 22 heavy (non-hydrogen) atoms. The van der Waals surface area contributed by atoms with Gasteiger partial charge in [-0.2, -0.15) is 0 Å². The topological polar surface area (TPSA) is 17.1 Å². The highest BCUT2D eigenvalue weighted by molar-refractivity contribution is 6.23. The smallest absolute Gasteiger partial charge is 0.170 e. The highest BCUT2D eigenvalue weighted by atomic mass is 16.1. The van der Waals surface area contributed by atoms with Crippen LogP contribution in [-0.2, 0) is 4.79 Å². The lowest BCUT2D eigenvalue weighted by Gasteiger charge is -2.46. The van der Waals surface area contributed by atoms with E-state index in [1.807, 2.05) is 30.3 Å². The number of carbonyl (C=O) groups excluding carboxylic acids is 1. The van der Waals surface area contributed by atoms with Crippen molar-refractivity contribution >= 4 is 11.4 Å². The maximum Gasteiger partial charge on any atom is 0.170 e. The van der Waals surface area contributed by atoms with Crippen molar-refractivity contribution in [2.45, 2.75) is 11.8 Å². The van der Waals surface area contributed by atoms with E-state index in [4.69, 9.17) is 0 Å². The van der Waals surface area contributed by atoms with E-state index in [0.717, 1.165) is 11.1 Å². The number of allylic oxidation sites excluding steroid dienone is 4. The van der Waals surface area contributed by atoms with Crippen LogP contribution in [0.4, 0.5) is 0 Å². The normalized spacial score (nSPS) is 30.9. The highest BCUT2D eigenvalue weighted by Crippen LogP contribution is 2.60. The molecule has 0 unspecified atom stereocenters. The van der Waals surface area contributed by atoms with Crippen molar-refractivity contribution in [1.82, 2.24) is 0 Å². The molecule has 2 aromatic carbocycles. The Labute approximate surface area is 130 Å². The first-order valence-corrected chi connectivity index (χ1v) is 7.93. The summed E-state index contributed by atoms with van der Waals surface area (Å²) in [4.78, 5) is 13.1. The zero-order valence-electron chi connectivity index (χ0n) is 12.1. The molecule has 1 heteroatoms. The van der Waals surface area contributed by atoms with Crippen molar-refractivity contribution in [3.63, 3.8) is 0 Å². The minimum absolute atomic E-state index is 0.00473. The largest absolute Gasteiger partial charge is 0.293 e. The number of Topliss-reactive ketones (excluding diaryl/α,β-unsaturated/α-hetero) is 1. The number of rotatable bonds is 1. The van der Waals surface area contributed by atoms with Gasteiger partial charge in [-0.3, -0.25) is 4.79 Å². The molecule has 2 aromatic rings. The lowest BCUT2D eigenvalue weighted by molar-refractivity contribution is -0.116. The standard InChI is InChI=1S/C21H16O/c22-21-17-11-10-14(12-18(21)13-6-2-1-3-7-13)19-15-8-4-5-9-16(15)20(17)19/h1-12,14,17,19-20H/t14-,17-,19+,20+/m1/s1. The summed E-state index contributed by atoms with van der Waals surface area (Å²) in [6.07, 6.45) is 6.60. The molecule has 6 rings (SSSR count). The summed E-state index contributed by atoms with van der Waals surface area (Å²) in [7, 11) is 0. The van der Waals surface area contributed by atoms with Crippen LogP contribution in [0.25, 0.3) is 5.57 Å². The Kier molecular flexibility index (Phi) is 2.38. The molecule has 0 saturated carbocycles. The maximum atomic E-state index is 13.1. The van der Waals surface area contributed by atoms with Crippen LogP contribution in [0, 0.1) is 11.8 Å². The van der Waals surface area contributed by atoms with Crippen LogP contribution in [0.3, 0.4) is 0 Å². The monoisotopic (exact) mass is 284 g/mol. The fraction of sp³-hybridized carbons (Fsp3) is 0.190. The van der Waals surface area contributed by atoms with E-state index in [9.17, 15) is 4.79 Å². The Balaban J connectivity index is 1.66. The summed E-state index contributed by atoms with van der Waals surface area (Å²) in [5.41, 5.74) is 4.77. The molecule has 4 aliphatic rings. The van der Waals surface area contributed by atoms with Gasteiger partial charge in [0, 0.05) is 29.2 Å². The minimum atomic E-state index is 0.00473. The van der Waals surface area contributed by atoms with Crippen LogP contribution in [0.15, 0.2) is 72.8 Å². The number of hydrogen-bond acceptors (Lipinski definition) is 1. The summed E-state index contributed by atoms with van der Waals surface area (Å²) in [6.45, 7) is 0. The third kappa shape index (κ3) is 1.46. The molecule has 0 fully saturated rings. The average molecular weight is 284 g/mol. The van der Waals surface area contributed by atoms with Gasteiger partial charge in [0.15, 0.2) is 5.78 Å². The van der Waals surface area contributed by atoms with Gasteiger partial charge < -0.3 is 0 Å². The zero-order chi connectivity index (χ0) is 14.7. The molecule has 106 valence electrons. The van der Waals surface area contributed by atoms with Gasteiger partial charge in [0.1, 0.15) is 0 Å². The van der Waals surface area contributed by atoms with Crippen molar-refractivity contribution in [3.8, 4) is 0 Å². The predicted octanol–water partition coefficient (Wildman–Crippen LogP) is 4.34. The van der Waals surface area contributed by atoms with Gasteiger partial charge in [0.2, 0.25) is 0 Å². The average Bonchev–Trinajstić information content (AvgIpc) is 2.77. The molecule has 0 aliphatic heterocycles. The van der Waals surface area contributed by atoms with Gasteiger partial charge in [0.25, 0.3) is 0 Å². The van der Waals surface area contributed by atoms with Crippen LogP contribution >= 0.6 is 0 Å². The molecule has 2 bridgehead atoms. The number of fused-ring (bicyclic) bond motifs is 2. The Morgan fingerprint density at radius 1 is 0.727 bits per heavy atom. The lowest BCUT2D eigenvalue weighted by Crippen LogP contribution is -2.37. The van der Waals surface area contributed by atoms with E-state index in [-0.39, 0.29) is 11.7 Å². The van der Waals surface area contributed by atoms with Crippen LogP contribution in [0.2, 0.25) is 0 Å². The Morgan fingerprint density at radius 3 is 2.18 bits per heavy atom. The molecular weight excluding hydrogens is 268 g/mol. The molecule has 4 atom stereocenters. The Hall–Kier alpha value is -2.41. The predicted molar refractivity (Wildman–Crippen MR) is 87.5 cm³/mol. The quantitative estimate of drug-likeness (QED) is 0.712. The molecule has 0 N–H and O–H groups in total. The Morgan fingerprint density at radius 2 is 1.41 bits per heavy atom. The summed E-state index contributed by atoms with van der Waals surface area (Å²) in [6, 6.07) is 18.7. The number of hydrogen-bond donors (Lipinski definition) is 0. The number of benzene rings is 2. The summed E-state index contributed by atoms with van der Waals surface area (Å²) < 4.78 is 0. The van der Waals surface area contributed by atoms with Crippen LogP contribution in [0.1, 0.15) is 28.5 Å². The molecule has 4 aliphatic carbocycles. The van der Waals surface area contributed by atoms with Crippen molar-refractivity contribution in [1.29, 1.82) is 0 Å². The minimum Gasteiger partial charge on any atom is -0.293 e. The third-order valence-corrected chi connectivity index (χ3v) is 5.46. The first-order chi connectivity index (χ1) is 10.8. The van der Waals surface area contributed by atoms with Crippen molar-refractivity contribution in [3.05, 3.63) is 89.5 Å². The molecule has 0 radical (unpaired) electrons. The lowest BCUT2D eigenvalue weighted by atomic mass is 9.56. The van der Waals surface area contributed by atoms with E-state index >= 15 is 0 Å². The molecular formula is C21H16O. The Bertz CT molecular complexity index is 828. The highest BCUT2D eigenvalue weighted by Gasteiger charge is 2.50. The van der Waals surface area contributed by atoms with Crippen molar-refractivity contribution in [2.75, 3.05) is 0 Å². The van der Waals surface area contributed by atoms with Crippen molar-refractivity contribution in [2.24, 2.45) is 11.8 Å². The molecule has 0 amide bonds. The fourth-order valence-corrected chi connectivity index (χ4v) is 4.48. The molecule has 0 spiro atoms. The zero-order valence-corrected chi connectivity index (χ0v) is 12.1. The SMILES string of the molecule is O=C1C(c2ccccc2)=C[C@H]2C=C[C@@H]1[C@@H]1c3ccccc3[C@H]21. The fourth-order valence-electron chi connectivity index (χ4n) is 4.48. The molecule has 1 nitrogen and oxygen atoms in total. The number of ketones is 1. The second-order valence-corrected chi connectivity index (χ2v) is 6.48. The van der Waals surface area contributed by atoms with Gasteiger partial charge in [-0.1, -0.05) is 72.8 Å². The summed E-state index contributed by atoms with van der Waals surface area (Å²) in [5, 5.41) is 0. The number of carbonyl (C=O) groups is 1. The first kappa shape index (κ1) is 12.2. The summed E-state index contributed by atoms with van der Waals surface area (Å²) >= 11 is 0.